The van der Waals surface area contributed by atoms with Gasteiger partial charge in [-0.05, 0) is 44.2 Å². The van der Waals surface area contributed by atoms with Gasteiger partial charge in [-0.1, -0.05) is 11.6 Å². The molecule has 1 aliphatic rings. The Hall–Kier alpha value is -2.91. The maximum atomic E-state index is 12.7. The maximum absolute atomic E-state index is 12.7. The number of aromatic amines is 1. The molecule has 1 atom stereocenters. The number of ether oxygens (including phenoxy) is 2. The van der Waals surface area contributed by atoms with E-state index in [1.807, 2.05) is 32.0 Å². The Balaban J connectivity index is 1.30. The molecule has 1 saturated heterocycles. The first kappa shape index (κ1) is 21.3. The second-order valence-corrected chi connectivity index (χ2v) is 7.87. The SMILES string of the molecule is Cc1nc(C)n(CC(=O)N2CCOC(c3cc(CCOc4ccc(Cl)cc4)[nH]n3)C2)n1. The quantitative estimate of drug-likeness (QED) is 0.601. The third kappa shape index (κ3) is 5.42. The molecule has 2 aromatic heterocycles. The van der Waals surface area contributed by atoms with Crippen LogP contribution in [0.1, 0.15) is 29.1 Å². The summed E-state index contributed by atoms with van der Waals surface area (Å²) in [7, 11) is 0. The highest BCUT2D eigenvalue weighted by Gasteiger charge is 2.27. The number of nitrogens with one attached hydrogen (secondary N) is 1. The molecule has 0 radical (unpaired) electrons. The normalized spacial score (nSPS) is 16.5. The predicted octanol–water partition coefficient (Wildman–Crippen LogP) is 2.49. The van der Waals surface area contributed by atoms with Gasteiger partial charge < -0.3 is 14.4 Å². The summed E-state index contributed by atoms with van der Waals surface area (Å²) in [5.41, 5.74) is 1.73. The third-order valence-corrected chi connectivity index (χ3v) is 5.35. The summed E-state index contributed by atoms with van der Waals surface area (Å²) < 4.78 is 13.2. The molecule has 3 aromatic rings. The molecule has 0 spiro atoms. The van der Waals surface area contributed by atoms with Crippen LogP contribution in [0.3, 0.4) is 0 Å². The van der Waals surface area contributed by atoms with E-state index in [2.05, 4.69) is 20.3 Å². The predicted molar refractivity (Wildman–Crippen MR) is 114 cm³/mol. The number of carbonyl (C=O) groups excluding carboxylic acids is 1. The van der Waals surface area contributed by atoms with Gasteiger partial charge in [-0.3, -0.25) is 9.89 Å². The Bertz CT molecular complexity index is 1030. The fraction of sp³-hybridized carbons (Fsp3) is 0.429. The van der Waals surface area contributed by atoms with Crippen molar-refractivity contribution < 1.29 is 14.3 Å². The molecule has 0 aliphatic carbocycles. The molecule has 1 aliphatic heterocycles. The van der Waals surface area contributed by atoms with Crippen LogP contribution in [0.15, 0.2) is 30.3 Å². The average Bonchev–Trinajstić information content (AvgIpc) is 3.35. The number of benzene rings is 1. The number of carbonyl (C=O) groups is 1. The van der Waals surface area contributed by atoms with E-state index in [1.165, 1.54) is 0 Å². The summed E-state index contributed by atoms with van der Waals surface area (Å²) in [6, 6.07) is 9.23. The third-order valence-electron chi connectivity index (χ3n) is 5.10. The van der Waals surface area contributed by atoms with Crippen molar-refractivity contribution in [1.82, 2.24) is 29.9 Å². The number of H-pyrrole nitrogens is 1. The zero-order valence-corrected chi connectivity index (χ0v) is 18.3. The summed E-state index contributed by atoms with van der Waals surface area (Å²) in [5, 5.41) is 12.4. The molecule has 0 saturated carbocycles. The van der Waals surface area contributed by atoms with Crippen molar-refractivity contribution in [2.45, 2.75) is 32.9 Å². The topological polar surface area (TPSA) is 98.2 Å². The van der Waals surface area contributed by atoms with Gasteiger partial charge in [0.05, 0.1) is 25.5 Å². The minimum absolute atomic E-state index is 0.00609. The summed E-state index contributed by atoms with van der Waals surface area (Å²) in [5.74, 6) is 2.16. The molecule has 4 rings (SSSR count). The standard InChI is InChI=1S/C21H25ClN6O3/c1-14-23-15(2)28(26-14)13-21(29)27-8-10-31-20(12-27)19-11-17(24-25-19)7-9-30-18-5-3-16(22)4-6-18/h3-6,11,20H,7-10,12-13H2,1-2H3,(H,24,25). The van der Waals surface area contributed by atoms with Crippen molar-refractivity contribution in [2.24, 2.45) is 0 Å². The summed E-state index contributed by atoms with van der Waals surface area (Å²) >= 11 is 5.88. The first-order chi connectivity index (χ1) is 15.0. The Morgan fingerprint density at radius 2 is 2.13 bits per heavy atom. The molecule has 1 amide bonds. The van der Waals surface area contributed by atoms with Gasteiger partial charge in [-0.25, -0.2) is 9.67 Å². The number of morpholine rings is 1. The van der Waals surface area contributed by atoms with Gasteiger partial charge >= 0.3 is 0 Å². The van der Waals surface area contributed by atoms with E-state index >= 15 is 0 Å². The fourth-order valence-corrected chi connectivity index (χ4v) is 3.60. The molecule has 164 valence electrons. The highest BCUT2D eigenvalue weighted by atomic mass is 35.5. The second kappa shape index (κ2) is 9.49. The van der Waals surface area contributed by atoms with E-state index in [1.54, 1.807) is 21.7 Å². The average molecular weight is 445 g/mol. The van der Waals surface area contributed by atoms with Crippen molar-refractivity contribution in [3.63, 3.8) is 0 Å². The van der Waals surface area contributed by atoms with Crippen molar-refractivity contribution >= 4 is 17.5 Å². The van der Waals surface area contributed by atoms with Crippen LogP contribution in [0.2, 0.25) is 5.02 Å². The lowest BCUT2D eigenvalue weighted by Crippen LogP contribution is -2.44. The summed E-state index contributed by atoms with van der Waals surface area (Å²) in [4.78, 5) is 18.8. The lowest BCUT2D eigenvalue weighted by atomic mass is 10.2. The second-order valence-electron chi connectivity index (χ2n) is 7.43. The molecule has 1 aromatic carbocycles. The van der Waals surface area contributed by atoms with Gasteiger partial charge in [0, 0.05) is 23.7 Å². The number of hydrogen-bond donors (Lipinski definition) is 1. The highest BCUT2D eigenvalue weighted by Crippen LogP contribution is 2.22. The minimum Gasteiger partial charge on any atom is -0.493 e. The molecule has 1 unspecified atom stereocenters. The van der Waals surface area contributed by atoms with Crippen LogP contribution in [-0.2, 0) is 22.5 Å². The Morgan fingerprint density at radius 3 is 2.87 bits per heavy atom. The number of rotatable bonds is 7. The molecule has 1 fully saturated rings. The van der Waals surface area contributed by atoms with Crippen molar-refractivity contribution in [1.29, 1.82) is 0 Å². The van der Waals surface area contributed by atoms with Crippen molar-refractivity contribution in [3.8, 4) is 5.75 Å². The number of aryl methyl sites for hydroxylation is 2. The van der Waals surface area contributed by atoms with Crippen LogP contribution in [0.5, 0.6) is 5.75 Å². The van der Waals surface area contributed by atoms with Crippen LogP contribution < -0.4 is 4.74 Å². The number of amides is 1. The molecule has 3 heterocycles. The number of aromatic nitrogens is 5. The lowest BCUT2D eigenvalue weighted by molar-refractivity contribution is -0.140. The smallest absolute Gasteiger partial charge is 0.244 e. The van der Waals surface area contributed by atoms with Crippen LogP contribution >= 0.6 is 11.6 Å². The van der Waals surface area contributed by atoms with Gasteiger partial charge in [0.1, 0.15) is 30.0 Å². The number of hydrogen-bond acceptors (Lipinski definition) is 6. The molecule has 0 bridgehead atoms. The van der Waals surface area contributed by atoms with Crippen LogP contribution in [0.4, 0.5) is 0 Å². The first-order valence-corrected chi connectivity index (χ1v) is 10.6. The van der Waals surface area contributed by atoms with E-state index in [0.29, 0.717) is 43.6 Å². The summed E-state index contributed by atoms with van der Waals surface area (Å²) in [6.07, 6.45) is 0.411. The molecule has 31 heavy (non-hydrogen) atoms. The minimum atomic E-state index is -0.265. The zero-order valence-electron chi connectivity index (χ0n) is 17.5. The Kier molecular flexibility index (Phi) is 6.53. The zero-order chi connectivity index (χ0) is 21.8. The van der Waals surface area contributed by atoms with E-state index in [-0.39, 0.29) is 18.6 Å². The highest BCUT2D eigenvalue weighted by molar-refractivity contribution is 6.30. The van der Waals surface area contributed by atoms with Crippen LogP contribution in [0, 0.1) is 13.8 Å². The Labute approximate surface area is 185 Å². The first-order valence-electron chi connectivity index (χ1n) is 10.2. The van der Waals surface area contributed by atoms with Crippen LogP contribution in [0.25, 0.3) is 0 Å². The molecular formula is C21H25ClN6O3. The lowest BCUT2D eigenvalue weighted by Gasteiger charge is -2.32. The van der Waals surface area contributed by atoms with Gasteiger partial charge in [-0.15, -0.1) is 0 Å². The maximum Gasteiger partial charge on any atom is 0.244 e. The number of nitrogens with zero attached hydrogens (tertiary/aromatic N) is 5. The van der Waals surface area contributed by atoms with Crippen molar-refractivity contribution in [2.75, 3.05) is 26.3 Å². The van der Waals surface area contributed by atoms with Gasteiger partial charge in [0.15, 0.2) is 0 Å². The monoisotopic (exact) mass is 444 g/mol. The number of halogens is 1. The van der Waals surface area contributed by atoms with Crippen molar-refractivity contribution in [3.05, 3.63) is 58.4 Å². The molecular weight excluding hydrogens is 420 g/mol. The van der Waals surface area contributed by atoms with Gasteiger partial charge in [0.25, 0.3) is 0 Å². The largest absolute Gasteiger partial charge is 0.493 e. The van der Waals surface area contributed by atoms with E-state index in [0.717, 1.165) is 23.0 Å². The van der Waals surface area contributed by atoms with E-state index in [4.69, 9.17) is 21.1 Å². The van der Waals surface area contributed by atoms with Crippen LogP contribution in [-0.4, -0.2) is 62.1 Å². The van der Waals surface area contributed by atoms with E-state index < -0.39 is 0 Å². The fourth-order valence-electron chi connectivity index (χ4n) is 3.48. The Morgan fingerprint density at radius 1 is 1.32 bits per heavy atom. The molecule has 1 N–H and O–H groups in total. The molecule has 10 heteroatoms. The summed E-state index contributed by atoms with van der Waals surface area (Å²) in [6.45, 7) is 5.81. The molecule has 9 nitrogen and oxygen atoms in total. The van der Waals surface area contributed by atoms with Gasteiger partial charge in [0.2, 0.25) is 5.91 Å². The van der Waals surface area contributed by atoms with Gasteiger partial charge in [-0.2, -0.15) is 10.2 Å². The van der Waals surface area contributed by atoms with E-state index in [9.17, 15) is 4.79 Å².